The van der Waals surface area contributed by atoms with E-state index >= 15 is 0 Å². The number of hydrogen-bond donors (Lipinski definition) is 0. The summed E-state index contributed by atoms with van der Waals surface area (Å²) in [5.41, 5.74) is 3.62. The normalized spacial score (nSPS) is 18.1. The van der Waals surface area contributed by atoms with Gasteiger partial charge in [0.25, 0.3) is 0 Å². The van der Waals surface area contributed by atoms with E-state index in [0.29, 0.717) is 5.41 Å². The molecular formula is C14H20. The van der Waals surface area contributed by atoms with Gasteiger partial charge in [-0.25, -0.2) is 0 Å². The molecule has 0 spiro atoms. The first kappa shape index (κ1) is 9.76. The highest BCUT2D eigenvalue weighted by atomic mass is 14.5. The Hall–Kier alpha value is -0.780. The maximum atomic E-state index is 2.36. The molecule has 0 saturated carbocycles. The summed E-state index contributed by atoms with van der Waals surface area (Å²) in [6, 6.07) is 8.93. The Balaban J connectivity index is 2.46. The molecule has 1 aromatic rings. The van der Waals surface area contributed by atoms with Crippen molar-refractivity contribution >= 4 is 0 Å². The van der Waals surface area contributed by atoms with Gasteiger partial charge in [-0.15, -0.1) is 0 Å². The summed E-state index contributed by atoms with van der Waals surface area (Å²) >= 11 is 0. The van der Waals surface area contributed by atoms with Gasteiger partial charge < -0.3 is 0 Å². The molecule has 0 fully saturated rings. The standard InChI is InChI=1S/C14H20/c1-10(2)14(11(3)4)9-12-7-5-6-8-13(12)14/h5-8,10-11H,9H2,1-4H3. The van der Waals surface area contributed by atoms with E-state index in [-0.39, 0.29) is 0 Å². The average Bonchev–Trinajstić information content (AvgIpc) is 2.06. The van der Waals surface area contributed by atoms with Crippen LogP contribution in [0.25, 0.3) is 0 Å². The predicted molar refractivity (Wildman–Crippen MR) is 61.5 cm³/mol. The Bertz CT molecular complexity index is 326. The van der Waals surface area contributed by atoms with E-state index in [1.165, 1.54) is 6.42 Å². The van der Waals surface area contributed by atoms with Gasteiger partial charge in [-0.2, -0.15) is 0 Å². The quantitative estimate of drug-likeness (QED) is 0.662. The van der Waals surface area contributed by atoms with E-state index in [1.54, 1.807) is 11.1 Å². The van der Waals surface area contributed by atoms with Crippen molar-refractivity contribution in [3.63, 3.8) is 0 Å². The van der Waals surface area contributed by atoms with Gasteiger partial charge in [0.1, 0.15) is 0 Å². The second kappa shape index (κ2) is 3.12. The molecule has 0 aliphatic heterocycles. The van der Waals surface area contributed by atoms with Crippen LogP contribution < -0.4 is 0 Å². The van der Waals surface area contributed by atoms with Gasteiger partial charge in [0, 0.05) is 5.41 Å². The lowest BCUT2D eigenvalue weighted by atomic mass is 9.53. The highest BCUT2D eigenvalue weighted by molar-refractivity contribution is 5.46. The average molecular weight is 188 g/mol. The molecule has 0 bridgehead atoms. The lowest BCUT2D eigenvalue weighted by molar-refractivity contribution is 0.183. The van der Waals surface area contributed by atoms with Gasteiger partial charge in [-0.1, -0.05) is 52.0 Å². The molecule has 0 N–H and O–H groups in total. The monoisotopic (exact) mass is 188 g/mol. The van der Waals surface area contributed by atoms with Crippen LogP contribution in [0, 0.1) is 11.8 Å². The fourth-order valence-electron chi connectivity index (χ4n) is 3.13. The van der Waals surface area contributed by atoms with Crippen LogP contribution >= 0.6 is 0 Å². The molecule has 0 saturated heterocycles. The zero-order chi connectivity index (χ0) is 10.3. The molecule has 1 aliphatic rings. The third-order valence-corrected chi connectivity index (χ3v) is 4.06. The van der Waals surface area contributed by atoms with E-state index in [2.05, 4.69) is 52.0 Å². The Morgan fingerprint density at radius 2 is 1.57 bits per heavy atom. The summed E-state index contributed by atoms with van der Waals surface area (Å²) in [4.78, 5) is 0. The van der Waals surface area contributed by atoms with E-state index in [4.69, 9.17) is 0 Å². The van der Waals surface area contributed by atoms with Crippen LogP contribution in [0.3, 0.4) is 0 Å². The van der Waals surface area contributed by atoms with Crippen molar-refractivity contribution in [1.82, 2.24) is 0 Å². The summed E-state index contributed by atoms with van der Waals surface area (Å²) in [5, 5.41) is 0. The lowest BCUT2D eigenvalue weighted by Gasteiger charge is -2.50. The molecule has 2 rings (SSSR count). The van der Waals surface area contributed by atoms with Gasteiger partial charge in [-0.3, -0.25) is 0 Å². The number of fused-ring (bicyclic) bond motifs is 1. The second-order valence-corrected chi connectivity index (χ2v) is 5.18. The molecule has 1 aromatic carbocycles. The molecule has 14 heavy (non-hydrogen) atoms. The minimum Gasteiger partial charge on any atom is -0.0620 e. The number of benzene rings is 1. The smallest absolute Gasteiger partial charge is 0.00421 e. The van der Waals surface area contributed by atoms with E-state index < -0.39 is 0 Å². The largest absolute Gasteiger partial charge is 0.0620 e. The molecule has 76 valence electrons. The molecule has 0 aromatic heterocycles. The molecule has 0 radical (unpaired) electrons. The minimum atomic E-state index is 0.455. The molecule has 0 heteroatoms. The second-order valence-electron chi connectivity index (χ2n) is 5.18. The summed E-state index contributed by atoms with van der Waals surface area (Å²) in [6.45, 7) is 9.43. The molecule has 0 amide bonds. The van der Waals surface area contributed by atoms with Crippen LogP contribution in [0.5, 0.6) is 0 Å². The Kier molecular flexibility index (Phi) is 2.17. The van der Waals surface area contributed by atoms with Crippen molar-refractivity contribution in [3.8, 4) is 0 Å². The van der Waals surface area contributed by atoms with E-state index in [0.717, 1.165) is 11.8 Å². The number of hydrogen-bond acceptors (Lipinski definition) is 0. The first-order valence-corrected chi connectivity index (χ1v) is 5.67. The zero-order valence-corrected chi connectivity index (χ0v) is 9.67. The van der Waals surface area contributed by atoms with E-state index in [1.807, 2.05) is 0 Å². The van der Waals surface area contributed by atoms with E-state index in [9.17, 15) is 0 Å². The molecule has 0 nitrogen and oxygen atoms in total. The summed E-state index contributed by atoms with van der Waals surface area (Å²) in [6.07, 6.45) is 1.28. The van der Waals surface area contributed by atoms with Crippen LogP contribution in [0.4, 0.5) is 0 Å². The zero-order valence-electron chi connectivity index (χ0n) is 9.67. The minimum absolute atomic E-state index is 0.455. The van der Waals surface area contributed by atoms with Crippen LogP contribution in [0.2, 0.25) is 0 Å². The first-order valence-electron chi connectivity index (χ1n) is 5.67. The van der Waals surface area contributed by atoms with Crippen molar-refractivity contribution < 1.29 is 0 Å². The topological polar surface area (TPSA) is 0 Å². The van der Waals surface area contributed by atoms with Crippen LogP contribution in [-0.4, -0.2) is 0 Å². The summed E-state index contributed by atoms with van der Waals surface area (Å²) < 4.78 is 0. The highest BCUT2D eigenvalue weighted by Gasteiger charge is 2.46. The highest BCUT2D eigenvalue weighted by Crippen LogP contribution is 2.51. The third-order valence-electron chi connectivity index (χ3n) is 4.06. The maximum absolute atomic E-state index is 2.36. The fraction of sp³-hybridized carbons (Fsp3) is 0.571. The van der Waals surface area contributed by atoms with Crippen molar-refractivity contribution in [1.29, 1.82) is 0 Å². The van der Waals surface area contributed by atoms with Crippen LogP contribution in [0.15, 0.2) is 24.3 Å². The predicted octanol–water partition coefficient (Wildman–Crippen LogP) is 3.79. The van der Waals surface area contributed by atoms with Crippen LogP contribution in [0.1, 0.15) is 38.8 Å². The van der Waals surface area contributed by atoms with Gasteiger partial charge in [0.15, 0.2) is 0 Å². The van der Waals surface area contributed by atoms with Crippen molar-refractivity contribution in [2.75, 3.05) is 0 Å². The van der Waals surface area contributed by atoms with Gasteiger partial charge in [0.05, 0.1) is 0 Å². The van der Waals surface area contributed by atoms with Crippen LogP contribution in [-0.2, 0) is 11.8 Å². The Labute approximate surface area is 87.3 Å². The SMILES string of the molecule is CC(C)C1(C(C)C)Cc2ccccc21. The Morgan fingerprint density at radius 1 is 1.00 bits per heavy atom. The van der Waals surface area contributed by atoms with Gasteiger partial charge >= 0.3 is 0 Å². The van der Waals surface area contributed by atoms with Crippen molar-refractivity contribution in [3.05, 3.63) is 35.4 Å². The fourth-order valence-corrected chi connectivity index (χ4v) is 3.13. The molecule has 0 unspecified atom stereocenters. The lowest BCUT2D eigenvalue weighted by Crippen LogP contribution is -2.47. The molecular weight excluding hydrogens is 168 g/mol. The summed E-state index contributed by atoms with van der Waals surface area (Å²) in [7, 11) is 0. The Morgan fingerprint density at radius 3 is 2.07 bits per heavy atom. The van der Waals surface area contributed by atoms with Crippen molar-refractivity contribution in [2.45, 2.75) is 39.5 Å². The molecule has 0 atom stereocenters. The van der Waals surface area contributed by atoms with Crippen molar-refractivity contribution in [2.24, 2.45) is 11.8 Å². The maximum Gasteiger partial charge on any atom is 0.00421 e. The summed E-state index contributed by atoms with van der Waals surface area (Å²) in [5.74, 6) is 1.50. The molecule has 0 heterocycles. The van der Waals surface area contributed by atoms with Gasteiger partial charge in [-0.05, 0) is 29.4 Å². The molecule has 1 aliphatic carbocycles. The first-order chi connectivity index (χ1) is 6.59. The third kappa shape index (κ3) is 1.06. The van der Waals surface area contributed by atoms with Gasteiger partial charge in [0.2, 0.25) is 0 Å². The number of rotatable bonds is 2.